The molecule has 0 radical (unpaired) electrons. The van der Waals surface area contributed by atoms with Crippen molar-refractivity contribution < 1.29 is 9.53 Å². The van der Waals surface area contributed by atoms with Gasteiger partial charge in [0.15, 0.2) is 10.8 Å². The summed E-state index contributed by atoms with van der Waals surface area (Å²) in [4.78, 5) is 29.2. The van der Waals surface area contributed by atoms with Crippen molar-refractivity contribution in [2.45, 2.75) is 6.54 Å². The molecule has 28 heavy (non-hydrogen) atoms. The molecule has 9 heteroatoms. The molecule has 140 valence electrons. The predicted molar refractivity (Wildman–Crippen MR) is 105 cm³/mol. The minimum absolute atomic E-state index is 0.306. The lowest BCUT2D eigenvalue weighted by molar-refractivity contribution is 0.102. The van der Waals surface area contributed by atoms with Gasteiger partial charge in [0.2, 0.25) is 0 Å². The number of nitrogens with zero attached hydrogens (tertiary/aromatic N) is 5. The quantitative estimate of drug-likeness (QED) is 0.519. The zero-order valence-corrected chi connectivity index (χ0v) is 15.5. The van der Waals surface area contributed by atoms with Gasteiger partial charge < -0.3 is 14.6 Å². The number of hydrogen-bond donors (Lipinski definition) is 1. The molecule has 0 aliphatic rings. The van der Waals surface area contributed by atoms with Gasteiger partial charge >= 0.3 is 0 Å². The Morgan fingerprint density at radius 2 is 2.00 bits per heavy atom. The standard InChI is InChI=1S/C19H16N6O2S/c26-18(15-12-28-19(24-15)17-21-6-3-7-22-17)23-14-4-1-2-5-16(14)27-11-10-25-9-8-20-13-25/h1-9,12-13H,10-11H2,(H,23,26). The Bertz CT molecular complexity index is 1050. The number of aromatic nitrogens is 5. The van der Waals surface area contributed by atoms with E-state index in [0.717, 1.165) is 0 Å². The van der Waals surface area contributed by atoms with Crippen molar-refractivity contribution >= 4 is 22.9 Å². The molecule has 0 aliphatic carbocycles. The number of carbonyl (C=O) groups excluding carboxylic acids is 1. The molecule has 0 fully saturated rings. The Morgan fingerprint density at radius 3 is 2.82 bits per heavy atom. The van der Waals surface area contributed by atoms with Gasteiger partial charge in [-0.2, -0.15) is 0 Å². The summed E-state index contributed by atoms with van der Waals surface area (Å²) in [5.74, 6) is 0.775. The number of hydrogen-bond acceptors (Lipinski definition) is 7. The second kappa shape index (κ2) is 8.40. The second-order valence-corrected chi connectivity index (χ2v) is 6.57. The molecule has 1 aromatic carbocycles. The molecule has 0 bridgehead atoms. The number of nitrogens with one attached hydrogen (secondary N) is 1. The minimum atomic E-state index is -0.316. The second-order valence-electron chi connectivity index (χ2n) is 5.71. The molecule has 0 saturated heterocycles. The fraction of sp³-hybridized carbons (Fsp3) is 0.105. The van der Waals surface area contributed by atoms with Crippen molar-refractivity contribution in [3.63, 3.8) is 0 Å². The molecule has 3 heterocycles. The molecule has 1 amide bonds. The first kappa shape index (κ1) is 17.8. The zero-order valence-electron chi connectivity index (χ0n) is 14.7. The first-order valence-electron chi connectivity index (χ1n) is 8.51. The Morgan fingerprint density at radius 1 is 1.14 bits per heavy atom. The largest absolute Gasteiger partial charge is 0.490 e. The van der Waals surface area contributed by atoms with Crippen LogP contribution in [0.3, 0.4) is 0 Å². The first-order chi connectivity index (χ1) is 13.8. The molecule has 3 aromatic heterocycles. The van der Waals surface area contributed by atoms with Crippen LogP contribution in [0.1, 0.15) is 10.5 Å². The van der Waals surface area contributed by atoms with Gasteiger partial charge in [0.05, 0.1) is 18.6 Å². The van der Waals surface area contributed by atoms with Crippen LogP contribution in [0, 0.1) is 0 Å². The van der Waals surface area contributed by atoms with E-state index in [1.165, 1.54) is 11.3 Å². The fourth-order valence-electron chi connectivity index (χ4n) is 2.45. The van der Waals surface area contributed by atoms with Crippen LogP contribution in [0.2, 0.25) is 0 Å². The van der Waals surface area contributed by atoms with Crippen molar-refractivity contribution in [3.8, 4) is 16.6 Å². The number of carbonyl (C=O) groups is 1. The number of ether oxygens (including phenoxy) is 1. The summed E-state index contributed by atoms with van der Waals surface area (Å²) in [5.41, 5.74) is 0.893. The number of para-hydroxylation sites is 2. The van der Waals surface area contributed by atoms with Gasteiger partial charge in [0.25, 0.3) is 5.91 Å². The van der Waals surface area contributed by atoms with Gasteiger partial charge in [0, 0.05) is 30.2 Å². The van der Waals surface area contributed by atoms with Gasteiger partial charge in [0.1, 0.15) is 18.1 Å². The summed E-state index contributed by atoms with van der Waals surface area (Å²) in [5, 5.41) is 5.13. The van der Waals surface area contributed by atoms with Crippen LogP contribution in [0.25, 0.3) is 10.8 Å². The van der Waals surface area contributed by atoms with E-state index in [0.29, 0.717) is 41.1 Å². The highest BCUT2D eigenvalue weighted by molar-refractivity contribution is 7.13. The minimum Gasteiger partial charge on any atom is -0.490 e. The summed E-state index contributed by atoms with van der Waals surface area (Å²) >= 11 is 1.32. The first-order valence-corrected chi connectivity index (χ1v) is 9.39. The molecule has 0 atom stereocenters. The van der Waals surface area contributed by atoms with E-state index >= 15 is 0 Å². The lowest BCUT2D eigenvalue weighted by atomic mass is 10.3. The van der Waals surface area contributed by atoms with Gasteiger partial charge in [-0.05, 0) is 18.2 Å². The summed E-state index contributed by atoms with van der Waals surface area (Å²) < 4.78 is 7.74. The molecule has 0 unspecified atom stereocenters. The normalized spacial score (nSPS) is 10.6. The highest BCUT2D eigenvalue weighted by Crippen LogP contribution is 2.25. The van der Waals surface area contributed by atoms with Crippen LogP contribution in [0.5, 0.6) is 5.75 Å². The van der Waals surface area contributed by atoms with Crippen molar-refractivity contribution in [1.82, 2.24) is 24.5 Å². The van der Waals surface area contributed by atoms with Gasteiger partial charge in [-0.15, -0.1) is 11.3 Å². The number of thiazole rings is 1. The number of anilines is 1. The van der Waals surface area contributed by atoms with Crippen LogP contribution in [0.15, 0.2) is 66.8 Å². The lowest BCUT2D eigenvalue weighted by Crippen LogP contribution is -2.14. The monoisotopic (exact) mass is 392 g/mol. The van der Waals surface area contributed by atoms with Crippen LogP contribution in [-0.2, 0) is 6.54 Å². The van der Waals surface area contributed by atoms with Crippen molar-refractivity contribution in [2.75, 3.05) is 11.9 Å². The van der Waals surface area contributed by atoms with E-state index in [1.54, 1.807) is 42.4 Å². The van der Waals surface area contributed by atoms with Crippen LogP contribution in [0.4, 0.5) is 5.69 Å². The number of benzene rings is 1. The molecule has 0 spiro atoms. The summed E-state index contributed by atoms with van der Waals surface area (Å²) in [6, 6.07) is 9.03. The SMILES string of the molecule is O=C(Nc1ccccc1OCCn1ccnc1)c1csc(-c2ncccn2)n1. The molecule has 8 nitrogen and oxygen atoms in total. The molecule has 0 saturated carbocycles. The van der Waals surface area contributed by atoms with Gasteiger partial charge in [-0.1, -0.05) is 12.1 Å². The van der Waals surface area contributed by atoms with E-state index in [9.17, 15) is 4.79 Å². The Balaban J connectivity index is 1.42. The third-order valence-corrected chi connectivity index (χ3v) is 4.63. The maximum atomic E-state index is 12.6. The average molecular weight is 392 g/mol. The van der Waals surface area contributed by atoms with E-state index in [-0.39, 0.29) is 5.91 Å². The van der Waals surface area contributed by atoms with Crippen LogP contribution in [-0.4, -0.2) is 37.0 Å². The Hall–Kier alpha value is -3.59. The van der Waals surface area contributed by atoms with Gasteiger partial charge in [-0.3, -0.25) is 4.79 Å². The summed E-state index contributed by atoms with van der Waals surface area (Å²) in [7, 11) is 0. The maximum absolute atomic E-state index is 12.6. The lowest BCUT2D eigenvalue weighted by Gasteiger charge is -2.12. The average Bonchev–Trinajstić information content (AvgIpc) is 3.42. The smallest absolute Gasteiger partial charge is 0.275 e. The van der Waals surface area contributed by atoms with Crippen LogP contribution >= 0.6 is 11.3 Å². The number of amides is 1. The topological polar surface area (TPSA) is 94.8 Å². The summed E-state index contributed by atoms with van der Waals surface area (Å²) in [6.07, 6.45) is 8.60. The molecule has 4 aromatic rings. The summed E-state index contributed by atoms with van der Waals surface area (Å²) in [6.45, 7) is 1.12. The van der Waals surface area contributed by atoms with E-state index in [1.807, 2.05) is 29.0 Å². The highest BCUT2D eigenvalue weighted by Gasteiger charge is 2.15. The van der Waals surface area contributed by atoms with E-state index < -0.39 is 0 Å². The molecule has 0 aliphatic heterocycles. The van der Waals surface area contributed by atoms with Crippen molar-refractivity contribution in [3.05, 3.63) is 72.5 Å². The number of rotatable bonds is 7. The maximum Gasteiger partial charge on any atom is 0.275 e. The van der Waals surface area contributed by atoms with Gasteiger partial charge in [-0.25, -0.2) is 19.9 Å². The zero-order chi connectivity index (χ0) is 19.2. The Labute approximate surface area is 164 Å². The fourth-order valence-corrected chi connectivity index (χ4v) is 3.20. The van der Waals surface area contributed by atoms with E-state index in [2.05, 4.69) is 25.3 Å². The third kappa shape index (κ3) is 4.21. The number of imidazole rings is 1. The third-order valence-electron chi connectivity index (χ3n) is 3.80. The Kier molecular flexibility index (Phi) is 5.34. The molecular weight excluding hydrogens is 376 g/mol. The molecular formula is C19H16N6O2S. The molecule has 1 N–H and O–H groups in total. The van der Waals surface area contributed by atoms with Crippen molar-refractivity contribution in [1.29, 1.82) is 0 Å². The predicted octanol–water partition coefficient (Wildman–Crippen LogP) is 3.13. The van der Waals surface area contributed by atoms with Crippen molar-refractivity contribution in [2.24, 2.45) is 0 Å². The molecule has 4 rings (SSSR count). The highest BCUT2D eigenvalue weighted by atomic mass is 32.1. The van der Waals surface area contributed by atoms with E-state index in [4.69, 9.17) is 4.74 Å². The van der Waals surface area contributed by atoms with Crippen LogP contribution < -0.4 is 10.1 Å².